The molecule has 0 saturated carbocycles. The van der Waals surface area contributed by atoms with Gasteiger partial charge in [-0.25, -0.2) is 9.97 Å². The van der Waals surface area contributed by atoms with Crippen molar-refractivity contribution in [1.29, 1.82) is 0 Å². The highest BCUT2D eigenvalue weighted by atomic mass is 35.5. The van der Waals surface area contributed by atoms with Crippen LogP contribution in [0.1, 0.15) is 35.3 Å². The van der Waals surface area contributed by atoms with Gasteiger partial charge in [0, 0.05) is 18.0 Å². The van der Waals surface area contributed by atoms with Gasteiger partial charge in [-0.15, -0.1) is 11.3 Å². The van der Waals surface area contributed by atoms with Crippen LogP contribution >= 0.6 is 22.9 Å². The maximum Gasteiger partial charge on any atom is 0.272 e. The normalized spacial score (nSPS) is 16.1. The third-order valence-electron chi connectivity index (χ3n) is 4.04. The number of carbonyl (C=O) groups is 1. The predicted octanol–water partition coefficient (Wildman–Crippen LogP) is 3.16. The molecule has 0 radical (unpaired) electrons. The topological polar surface area (TPSA) is 67.4 Å². The molecule has 0 aromatic carbocycles. The van der Waals surface area contributed by atoms with Gasteiger partial charge in [-0.2, -0.15) is 0 Å². The lowest BCUT2D eigenvalue weighted by molar-refractivity contribution is 0.0921. The molecule has 1 saturated heterocycles. The number of thiophene rings is 1. The van der Waals surface area contributed by atoms with Gasteiger partial charge in [-0.05, 0) is 17.4 Å². The number of ether oxygens (including phenoxy) is 1. The van der Waals surface area contributed by atoms with Crippen LogP contribution in [0.3, 0.4) is 0 Å². The minimum Gasteiger partial charge on any atom is -0.378 e. The SMILES string of the molecule is CC(C)C(NC(=O)c1nc(N2CCOCC2)ncc1Cl)c1cccs1. The first-order valence-electron chi connectivity index (χ1n) is 8.25. The van der Waals surface area contributed by atoms with E-state index in [1.54, 1.807) is 11.3 Å². The van der Waals surface area contributed by atoms with Crippen molar-refractivity contribution in [3.8, 4) is 0 Å². The zero-order valence-corrected chi connectivity index (χ0v) is 15.8. The van der Waals surface area contributed by atoms with Crippen molar-refractivity contribution >= 4 is 34.8 Å². The fourth-order valence-electron chi connectivity index (χ4n) is 2.68. The van der Waals surface area contributed by atoms with E-state index in [0.717, 1.165) is 4.88 Å². The summed E-state index contributed by atoms with van der Waals surface area (Å²) in [5.41, 5.74) is 0.209. The molecule has 1 atom stereocenters. The van der Waals surface area contributed by atoms with Crippen molar-refractivity contribution in [2.75, 3.05) is 31.2 Å². The summed E-state index contributed by atoms with van der Waals surface area (Å²) in [6.45, 7) is 6.80. The van der Waals surface area contributed by atoms with Crippen molar-refractivity contribution in [2.45, 2.75) is 19.9 Å². The minimum absolute atomic E-state index is 0.0784. The number of rotatable bonds is 5. The van der Waals surface area contributed by atoms with Gasteiger partial charge >= 0.3 is 0 Å². The summed E-state index contributed by atoms with van der Waals surface area (Å²) in [6.07, 6.45) is 1.49. The maximum atomic E-state index is 12.8. The molecule has 25 heavy (non-hydrogen) atoms. The van der Waals surface area contributed by atoms with Crippen molar-refractivity contribution < 1.29 is 9.53 Å². The Kier molecular flexibility index (Phi) is 5.88. The number of halogens is 1. The van der Waals surface area contributed by atoms with Gasteiger partial charge < -0.3 is 15.0 Å². The molecular formula is C17H21ClN4O2S. The monoisotopic (exact) mass is 380 g/mol. The molecule has 0 aliphatic carbocycles. The van der Waals surface area contributed by atoms with Gasteiger partial charge in [0.1, 0.15) is 0 Å². The van der Waals surface area contributed by atoms with Crippen LogP contribution in [0.4, 0.5) is 5.95 Å². The first kappa shape index (κ1) is 18.1. The van der Waals surface area contributed by atoms with Crippen LogP contribution in [0.15, 0.2) is 23.7 Å². The van der Waals surface area contributed by atoms with Gasteiger partial charge in [-0.1, -0.05) is 31.5 Å². The second-order valence-electron chi connectivity index (χ2n) is 6.18. The van der Waals surface area contributed by atoms with Crippen LogP contribution in [0, 0.1) is 5.92 Å². The minimum atomic E-state index is -0.283. The number of aromatic nitrogens is 2. The highest BCUT2D eigenvalue weighted by molar-refractivity contribution is 7.10. The third-order valence-corrected chi connectivity index (χ3v) is 5.28. The summed E-state index contributed by atoms with van der Waals surface area (Å²) in [4.78, 5) is 24.6. The zero-order chi connectivity index (χ0) is 17.8. The van der Waals surface area contributed by atoms with Crippen LogP contribution in [0.5, 0.6) is 0 Å². The molecular weight excluding hydrogens is 360 g/mol. The molecule has 1 aliphatic rings. The lowest BCUT2D eigenvalue weighted by atomic mass is 10.0. The standard InChI is InChI=1S/C17H21ClN4O2S/c1-11(2)14(13-4-3-9-25-13)20-16(23)15-12(18)10-19-17(21-15)22-5-7-24-8-6-22/h3-4,9-11,14H,5-8H2,1-2H3,(H,20,23). The zero-order valence-electron chi connectivity index (χ0n) is 14.2. The number of anilines is 1. The van der Waals surface area contributed by atoms with Crippen LogP contribution in [0.25, 0.3) is 0 Å². The molecule has 1 N–H and O–H groups in total. The van der Waals surface area contributed by atoms with E-state index in [1.165, 1.54) is 6.20 Å². The Morgan fingerprint density at radius 3 is 2.80 bits per heavy atom. The molecule has 0 spiro atoms. The molecule has 2 aromatic heterocycles. The Labute approximate surface area is 156 Å². The predicted molar refractivity (Wildman–Crippen MR) is 99.4 cm³/mol. The fraction of sp³-hybridized carbons (Fsp3) is 0.471. The number of nitrogens with zero attached hydrogens (tertiary/aromatic N) is 3. The quantitative estimate of drug-likeness (QED) is 0.863. The molecule has 3 rings (SSSR count). The van der Waals surface area contributed by atoms with Gasteiger partial charge in [0.25, 0.3) is 5.91 Å². The summed E-state index contributed by atoms with van der Waals surface area (Å²) in [6, 6.07) is 3.93. The number of nitrogens with one attached hydrogen (secondary N) is 1. The lowest BCUT2D eigenvalue weighted by Crippen LogP contribution is -2.38. The smallest absolute Gasteiger partial charge is 0.272 e. The Balaban J connectivity index is 1.81. The average molecular weight is 381 g/mol. The molecule has 2 aromatic rings. The van der Waals surface area contributed by atoms with Crippen LogP contribution in [-0.2, 0) is 4.74 Å². The first-order valence-corrected chi connectivity index (χ1v) is 9.51. The van der Waals surface area contributed by atoms with E-state index < -0.39 is 0 Å². The molecule has 1 aliphatic heterocycles. The summed E-state index contributed by atoms with van der Waals surface area (Å²) < 4.78 is 5.34. The van der Waals surface area contributed by atoms with Gasteiger partial charge in [0.2, 0.25) is 5.95 Å². The molecule has 1 unspecified atom stereocenters. The number of carbonyl (C=O) groups excluding carboxylic acids is 1. The molecule has 134 valence electrons. The van der Waals surface area contributed by atoms with Crippen molar-refractivity contribution in [3.63, 3.8) is 0 Å². The molecule has 0 bridgehead atoms. The van der Waals surface area contributed by atoms with Crippen molar-refractivity contribution in [1.82, 2.24) is 15.3 Å². The molecule has 3 heterocycles. The maximum absolute atomic E-state index is 12.8. The third kappa shape index (κ3) is 4.29. The van der Waals surface area contributed by atoms with Gasteiger partial charge in [0.05, 0.1) is 30.5 Å². The first-order chi connectivity index (χ1) is 12.1. The largest absolute Gasteiger partial charge is 0.378 e. The van der Waals surface area contributed by atoms with E-state index in [-0.39, 0.29) is 28.6 Å². The molecule has 1 fully saturated rings. The second-order valence-corrected chi connectivity index (χ2v) is 7.56. The van der Waals surface area contributed by atoms with Crippen molar-refractivity contribution in [3.05, 3.63) is 39.3 Å². The average Bonchev–Trinajstić information content (AvgIpc) is 3.14. The Hall–Kier alpha value is -1.70. The Bertz CT molecular complexity index is 717. The van der Waals surface area contributed by atoms with Gasteiger partial charge in [0.15, 0.2) is 5.69 Å². The Morgan fingerprint density at radius 1 is 1.40 bits per heavy atom. The number of amides is 1. The molecule has 1 amide bonds. The van der Waals surface area contributed by atoms with E-state index >= 15 is 0 Å². The Morgan fingerprint density at radius 2 is 2.16 bits per heavy atom. The van der Waals surface area contributed by atoms with E-state index in [0.29, 0.717) is 32.3 Å². The van der Waals surface area contributed by atoms with E-state index in [2.05, 4.69) is 29.1 Å². The highest BCUT2D eigenvalue weighted by Crippen LogP contribution is 2.27. The van der Waals surface area contributed by atoms with Crippen LogP contribution in [-0.4, -0.2) is 42.2 Å². The van der Waals surface area contributed by atoms with Crippen LogP contribution in [0.2, 0.25) is 5.02 Å². The molecule has 8 heteroatoms. The van der Waals surface area contributed by atoms with E-state index in [1.807, 2.05) is 22.4 Å². The summed E-state index contributed by atoms with van der Waals surface area (Å²) >= 11 is 7.82. The molecule has 6 nitrogen and oxygen atoms in total. The van der Waals surface area contributed by atoms with Gasteiger partial charge in [-0.3, -0.25) is 4.79 Å². The lowest BCUT2D eigenvalue weighted by Gasteiger charge is -2.27. The summed E-state index contributed by atoms with van der Waals surface area (Å²) in [5.74, 6) is 0.478. The number of hydrogen-bond acceptors (Lipinski definition) is 6. The summed E-state index contributed by atoms with van der Waals surface area (Å²) in [7, 11) is 0. The van der Waals surface area contributed by atoms with E-state index in [9.17, 15) is 4.79 Å². The number of hydrogen-bond donors (Lipinski definition) is 1. The summed E-state index contributed by atoms with van der Waals surface area (Å²) in [5, 5.41) is 5.32. The number of morpholine rings is 1. The van der Waals surface area contributed by atoms with Crippen molar-refractivity contribution in [2.24, 2.45) is 5.92 Å². The fourth-order valence-corrected chi connectivity index (χ4v) is 3.80. The van der Waals surface area contributed by atoms with E-state index in [4.69, 9.17) is 16.3 Å². The van der Waals surface area contributed by atoms with Crippen LogP contribution < -0.4 is 10.2 Å². The second kappa shape index (κ2) is 8.12. The highest BCUT2D eigenvalue weighted by Gasteiger charge is 2.24.